The molecule has 0 saturated heterocycles. The maximum absolute atomic E-state index is 11.4. The Balaban J connectivity index is 1.68. The lowest BCUT2D eigenvalue weighted by Gasteiger charge is -2.27. The number of carboxylic acid groups (broad SMARTS) is 1. The van der Waals surface area contributed by atoms with E-state index < -0.39 is 6.09 Å². The van der Waals surface area contributed by atoms with Gasteiger partial charge in [0.1, 0.15) is 18.0 Å². The number of nitrogens with zero attached hydrogens (tertiary/aromatic N) is 5. The van der Waals surface area contributed by atoms with Crippen LogP contribution in [-0.2, 0) is 13.0 Å². The summed E-state index contributed by atoms with van der Waals surface area (Å²) in [6, 6.07) is 3.64. The van der Waals surface area contributed by atoms with E-state index in [9.17, 15) is 9.90 Å². The minimum atomic E-state index is -0.972. The number of methoxy groups -OCH3 is 3. The van der Waals surface area contributed by atoms with Crippen LogP contribution in [0.1, 0.15) is 24.0 Å². The predicted molar refractivity (Wildman–Crippen MR) is 125 cm³/mol. The molecular formula is C23H26N6O5. The third kappa shape index (κ3) is 4.32. The summed E-state index contributed by atoms with van der Waals surface area (Å²) in [7, 11) is 4.67. The number of hydrogen-bond acceptors (Lipinski definition) is 8. The highest BCUT2D eigenvalue weighted by Crippen LogP contribution is 2.39. The molecule has 3 aromatic rings. The Morgan fingerprint density at radius 2 is 1.85 bits per heavy atom. The SMILES string of the molecule is C=C(C)c1nc2c(c(Nc3cn(-c4cc(OC)c(OC)c(OC)c4)cn3)n1)CCN(C(=O)O)C2. The van der Waals surface area contributed by atoms with Gasteiger partial charge in [0.25, 0.3) is 0 Å². The van der Waals surface area contributed by atoms with Crippen molar-refractivity contribution in [1.82, 2.24) is 24.4 Å². The monoisotopic (exact) mass is 466 g/mol. The Labute approximate surface area is 196 Å². The molecule has 0 saturated carbocycles. The summed E-state index contributed by atoms with van der Waals surface area (Å²) in [6.07, 6.45) is 2.98. The topological polar surface area (TPSA) is 124 Å². The number of benzene rings is 1. The predicted octanol–water partition coefficient (Wildman–Crippen LogP) is 3.50. The van der Waals surface area contributed by atoms with E-state index in [1.807, 2.05) is 29.8 Å². The van der Waals surface area contributed by atoms with Crippen molar-refractivity contribution in [3.63, 3.8) is 0 Å². The highest BCUT2D eigenvalue weighted by molar-refractivity contribution is 5.67. The number of ether oxygens (including phenoxy) is 3. The van der Waals surface area contributed by atoms with Crippen molar-refractivity contribution in [3.8, 4) is 22.9 Å². The zero-order chi connectivity index (χ0) is 24.4. The molecule has 0 aliphatic carbocycles. The van der Waals surface area contributed by atoms with Crippen LogP contribution in [0.15, 0.2) is 31.2 Å². The molecular weight excluding hydrogens is 440 g/mol. The van der Waals surface area contributed by atoms with E-state index in [4.69, 9.17) is 14.2 Å². The first-order valence-electron chi connectivity index (χ1n) is 10.5. The Morgan fingerprint density at radius 3 is 2.44 bits per heavy atom. The number of carbonyl (C=O) groups is 1. The Kier molecular flexibility index (Phi) is 6.26. The summed E-state index contributed by atoms with van der Waals surface area (Å²) in [5, 5.41) is 12.6. The summed E-state index contributed by atoms with van der Waals surface area (Å²) < 4.78 is 18.1. The minimum Gasteiger partial charge on any atom is -0.493 e. The van der Waals surface area contributed by atoms with Crippen molar-refractivity contribution in [2.24, 2.45) is 0 Å². The quantitative estimate of drug-likeness (QED) is 0.538. The van der Waals surface area contributed by atoms with Crippen LogP contribution in [0.4, 0.5) is 16.4 Å². The van der Waals surface area contributed by atoms with Crippen molar-refractivity contribution in [2.75, 3.05) is 33.2 Å². The van der Waals surface area contributed by atoms with Crippen LogP contribution in [0.3, 0.4) is 0 Å². The molecule has 2 aromatic heterocycles. The largest absolute Gasteiger partial charge is 0.493 e. The first kappa shape index (κ1) is 22.9. The Bertz CT molecular complexity index is 1230. The minimum absolute atomic E-state index is 0.196. The van der Waals surface area contributed by atoms with Gasteiger partial charge in [0.05, 0.1) is 45.5 Å². The molecule has 1 aromatic carbocycles. The van der Waals surface area contributed by atoms with E-state index >= 15 is 0 Å². The van der Waals surface area contributed by atoms with E-state index in [1.165, 1.54) is 4.90 Å². The molecule has 1 aliphatic heterocycles. The fourth-order valence-corrected chi connectivity index (χ4v) is 3.75. The summed E-state index contributed by atoms with van der Waals surface area (Å²) in [6.45, 7) is 6.30. The van der Waals surface area contributed by atoms with E-state index in [2.05, 4.69) is 26.8 Å². The van der Waals surface area contributed by atoms with Gasteiger partial charge in [-0.1, -0.05) is 6.58 Å². The van der Waals surface area contributed by atoms with Gasteiger partial charge in [-0.25, -0.2) is 19.7 Å². The number of rotatable bonds is 7. The van der Waals surface area contributed by atoms with E-state index in [-0.39, 0.29) is 6.54 Å². The lowest BCUT2D eigenvalue weighted by molar-refractivity contribution is 0.139. The van der Waals surface area contributed by atoms with Gasteiger partial charge in [0, 0.05) is 24.2 Å². The lowest BCUT2D eigenvalue weighted by atomic mass is 10.1. The molecule has 3 heterocycles. The van der Waals surface area contributed by atoms with Gasteiger partial charge in [-0.3, -0.25) is 0 Å². The normalized spacial score (nSPS) is 12.6. The number of nitrogens with one attached hydrogen (secondary N) is 1. The number of fused-ring (bicyclic) bond motifs is 1. The molecule has 0 bridgehead atoms. The second-order valence-electron chi connectivity index (χ2n) is 7.73. The van der Waals surface area contributed by atoms with Gasteiger partial charge >= 0.3 is 6.09 Å². The second-order valence-corrected chi connectivity index (χ2v) is 7.73. The molecule has 1 amide bonds. The zero-order valence-corrected chi connectivity index (χ0v) is 19.5. The highest BCUT2D eigenvalue weighted by atomic mass is 16.5. The molecule has 178 valence electrons. The standard InChI is InChI=1S/C23H26N6O5/c1-13(2)21-25-16-10-28(23(30)31)7-6-15(16)22(27-21)26-19-11-29(12-24-19)14-8-17(32-3)20(34-5)18(9-14)33-4/h8-9,11-12H,1,6-7,10H2,2-5H3,(H,30,31)(H,25,26,27). The molecule has 1 aliphatic rings. The summed E-state index contributed by atoms with van der Waals surface area (Å²) in [5.74, 6) is 3.16. The molecule has 11 nitrogen and oxygen atoms in total. The van der Waals surface area contributed by atoms with Gasteiger partial charge in [0.2, 0.25) is 5.75 Å². The van der Waals surface area contributed by atoms with Crippen LogP contribution in [0.25, 0.3) is 11.3 Å². The van der Waals surface area contributed by atoms with Gasteiger partial charge in [-0.05, 0) is 18.9 Å². The van der Waals surface area contributed by atoms with E-state index in [0.717, 1.165) is 11.3 Å². The first-order chi connectivity index (χ1) is 16.3. The molecule has 0 spiro atoms. The Morgan fingerprint density at radius 1 is 1.15 bits per heavy atom. The lowest BCUT2D eigenvalue weighted by Crippen LogP contribution is -2.36. The van der Waals surface area contributed by atoms with E-state index in [0.29, 0.717) is 58.9 Å². The number of hydrogen-bond donors (Lipinski definition) is 2. The Hall–Kier alpha value is -4.28. The third-order valence-electron chi connectivity index (χ3n) is 5.49. The zero-order valence-electron chi connectivity index (χ0n) is 19.5. The van der Waals surface area contributed by atoms with Crippen LogP contribution in [-0.4, -0.2) is 63.5 Å². The van der Waals surface area contributed by atoms with Crippen LogP contribution >= 0.6 is 0 Å². The fraction of sp³-hybridized carbons (Fsp3) is 0.304. The van der Waals surface area contributed by atoms with Crippen molar-refractivity contribution in [2.45, 2.75) is 19.9 Å². The van der Waals surface area contributed by atoms with Gasteiger partial charge < -0.3 is 34.1 Å². The van der Waals surface area contributed by atoms with E-state index in [1.54, 1.807) is 27.7 Å². The molecule has 2 N–H and O–H groups in total. The van der Waals surface area contributed by atoms with Crippen molar-refractivity contribution >= 4 is 23.3 Å². The number of aromatic nitrogens is 4. The van der Waals surface area contributed by atoms with Crippen molar-refractivity contribution < 1.29 is 24.1 Å². The van der Waals surface area contributed by atoms with Gasteiger partial charge in [-0.2, -0.15) is 0 Å². The highest BCUT2D eigenvalue weighted by Gasteiger charge is 2.25. The molecule has 34 heavy (non-hydrogen) atoms. The van der Waals surface area contributed by atoms with Crippen LogP contribution in [0.5, 0.6) is 17.2 Å². The van der Waals surface area contributed by atoms with Gasteiger partial charge in [-0.15, -0.1) is 0 Å². The smallest absolute Gasteiger partial charge is 0.407 e. The molecule has 0 atom stereocenters. The maximum atomic E-state index is 11.4. The van der Waals surface area contributed by atoms with Gasteiger partial charge in [0.15, 0.2) is 17.3 Å². The maximum Gasteiger partial charge on any atom is 0.407 e. The number of imidazole rings is 1. The third-order valence-corrected chi connectivity index (χ3v) is 5.49. The molecule has 0 radical (unpaired) electrons. The summed E-state index contributed by atoms with van der Waals surface area (Å²) in [5.41, 5.74) is 2.97. The van der Waals surface area contributed by atoms with Crippen LogP contribution in [0, 0.1) is 0 Å². The second kappa shape index (κ2) is 9.30. The van der Waals surface area contributed by atoms with Crippen molar-refractivity contribution in [3.05, 3.63) is 48.3 Å². The first-order valence-corrected chi connectivity index (χ1v) is 10.5. The molecule has 0 fully saturated rings. The molecule has 11 heteroatoms. The summed E-state index contributed by atoms with van der Waals surface area (Å²) in [4.78, 5) is 26.4. The number of allylic oxidation sites excluding steroid dienone is 1. The fourth-order valence-electron chi connectivity index (χ4n) is 3.75. The average molecular weight is 466 g/mol. The number of anilines is 2. The number of amides is 1. The molecule has 0 unspecified atom stereocenters. The van der Waals surface area contributed by atoms with Crippen LogP contribution in [0.2, 0.25) is 0 Å². The van der Waals surface area contributed by atoms with Crippen molar-refractivity contribution in [1.29, 1.82) is 0 Å². The summed E-state index contributed by atoms with van der Waals surface area (Å²) >= 11 is 0. The van der Waals surface area contributed by atoms with Crippen LogP contribution < -0.4 is 19.5 Å². The average Bonchev–Trinajstić information content (AvgIpc) is 3.30. The molecule has 4 rings (SSSR count).